The number of unbranched alkanes of at least 4 members (excludes halogenated alkanes) is 3. The maximum absolute atomic E-state index is 12.1. The number of alkyl halides is 1. The second kappa shape index (κ2) is 33.0. The van der Waals surface area contributed by atoms with Gasteiger partial charge in [-0.25, -0.2) is 0 Å². The fourth-order valence-electron chi connectivity index (χ4n) is 6.14. The highest BCUT2D eigenvalue weighted by Gasteiger charge is 2.30. The molecule has 0 saturated heterocycles. The Hall–Kier alpha value is -2.80. The lowest BCUT2D eigenvalue weighted by molar-refractivity contribution is -0.156. The highest BCUT2D eigenvalue weighted by molar-refractivity contribution is 9.11. The van der Waals surface area contributed by atoms with Crippen molar-refractivity contribution in [3.63, 3.8) is 0 Å². The van der Waals surface area contributed by atoms with E-state index in [1.165, 1.54) is 5.56 Å². The van der Waals surface area contributed by atoms with E-state index in [0.29, 0.717) is 56.3 Å². The number of carboxylic acids is 1. The van der Waals surface area contributed by atoms with Crippen LogP contribution in [-0.2, 0) is 23.9 Å². The van der Waals surface area contributed by atoms with Crippen LogP contribution in [0.2, 0.25) is 0 Å². The first-order chi connectivity index (χ1) is 31.9. The van der Waals surface area contributed by atoms with Gasteiger partial charge in [0.05, 0.1) is 42.7 Å². The number of aromatic hydroxyl groups is 1. The number of hydrogen-bond acceptors (Lipinski definition) is 8. The number of benzene rings is 3. The van der Waals surface area contributed by atoms with Gasteiger partial charge in [-0.05, 0) is 216 Å². The minimum Gasteiger partial charge on any atom is -0.508 e. The Balaban J connectivity index is 0.000000932. The molecule has 13 heteroatoms. The molecule has 3 aromatic carbocycles. The summed E-state index contributed by atoms with van der Waals surface area (Å²) < 4.78 is 25.5. The second-order valence-corrected chi connectivity index (χ2v) is 23.8. The Kier molecular flexibility index (Phi) is 31.7. The maximum atomic E-state index is 12.1. The standard InChI is InChI=1S/C20H31BrO3.C16H23BrO3.C12H23ClO2.C8H9BrO/c1-14(2)13-24-19(22)20(5,6)9-7-8-10-23-18-12-15(3)17(21)11-16(18)4;1-11-10-14(12(2)9-13(11)17)20-8-6-5-7-16(3,4)15(18)19;1-10(2)9-15-11(14)12(3,4)7-5-6-8-13;1-5-4-8(10)6(2)3-7(5)9/h11-12,14H,7-10,13H2,1-6H3;9-10H,5-8H2,1-4H3,(H,18,19);10H,5-9H2,1-4H3;3-4,10H,1-2H3. The van der Waals surface area contributed by atoms with Crippen molar-refractivity contribution in [2.45, 2.75) is 169 Å². The topological polar surface area (TPSA) is 129 Å². The Morgan fingerprint density at radius 1 is 0.522 bits per heavy atom. The van der Waals surface area contributed by atoms with Gasteiger partial charge in [0.1, 0.15) is 17.2 Å². The van der Waals surface area contributed by atoms with Crippen molar-refractivity contribution in [3.8, 4) is 17.2 Å². The van der Waals surface area contributed by atoms with E-state index >= 15 is 0 Å². The van der Waals surface area contributed by atoms with Crippen LogP contribution < -0.4 is 9.47 Å². The molecule has 392 valence electrons. The summed E-state index contributed by atoms with van der Waals surface area (Å²) >= 11 is 16.0. The van der Waals surface area contributed by atoms with E-state index in [4.69, 9.17) is 35.7 Å². The monoisotopic (exact) mass is 1170 g/mol. The van der Waals surface area contributed by atoms with Gasteiger partial charge in [0.15, 0.2) is 0 Å². The van der Waals surface area contributed by atoms with E-state index < -0.39 is 16.8 Å². The van der Waals surface area contributed by atoms with Gasteiger partial charge in [0, 0.05) is 19.3 Å². The number of ether oxygens (including phenoxy) is 4. The van der Waals surface area contributed by atoms with E-state index in [-0.39, 0.29) is 17.4 Å². The minimum absolute atomic E-state index is 0.0919. The predicted octanol–water partition coefficient (Wildman–Crippen LogP) is 17.0. The first-order valence-corrected chi connectivity index (χ1v) is 27.2. The van der Waals surface area contributed by atoms with Gasteiger partial charge in [-0.2, -0.15) is 0 Å². The number of aliphatic carboxylic acids is 1. The van der Waals surface area contributed by atoms with Crippen molar-refractivity contribution >= 4 is 77.3 Å². The van der Waals surface area contributed by atoms with Gasteiger partial charge in [0.25, 0.3) is 0 Å². The van der Waals surface area contributed by atoms with E-state index in [2.05, 4.69) is 72.9 Å². The Labute approximate surface area is 447 Å². The van der Waals surface area contributed by atoms with Gasteiger partial charge in [-0.15, -0.1) is 11.6 Å². The summed E-state index contributed by atoms with van der Waals surface area (Å²) in [6.07, 6.45) is 7.86. The number of halogens is 4. The molecule has 2 N–H and O–H groups in total. The molecule has 0 aliphatic carbocycles. The largest absolute Gasteiger partial charge is 0.508 e. The van der Waals surface area contributed by atoms with Crippen LogP contribution in [0.4, 0.5) is 0 Å². The van der Waals surface area contributed by atoms with Crippen molar-refractivity contribution < 1.29 is 43.5 Å². The maximum Gasteiger partial charge on any atom is 0.311 e. The quantitative estimate of drug-likeness (QED) is 0.0542. The smallest absolute Gasteiger partial charge is 0.311 e. The molecule has 69 heavy (non-hydrogen) atoms. The van der Waals surface area contributed by atoms with Gasteiger partial charge in [0.2, 0.25) is 0 Å². The summed E-state index contributed by atoms with van der Waals surface area (Å²) in [5.41, 5.74) is 5.06. The molecule has 0 fully saturated rings. The number of esters is 2. The van der Waals surface area contributed by atoms with E-state index in [1.54, 1.807) is 19.9 Å². The van der Waals surface area contributed by atoms with E-state index in [9.17, 15) is 19.5 Å². The molecule has 0 bridgehead atoms. The molecule has 0 aromatic heterocycles. The summed E-state index contributed by atoms with van der Waals surface area (Å²) in [5, 5.41) is 18.2. The molecule has 0 heterocycles. The molecular weight excluding hydrogens is 1090 g/mol. The Bertz CT molecular complexity index is 1980. The number of aryl methyl sites for hydroxylation is 6. The zero-order valence-corrected chi connectivity index (χ0v) is 50.3. The molecule has 9 nitrogen and oxygen atoms in total. The summed E-state index contributed by atoms with van der Waals surface area (Å²) in [4.78, 5) is 34.8. The fraction of sp³-hybridized carbons (Fsp3) is 0.625. The van der Waals surface area contributed by atoms with Gasteiger partial charge >= 0.3 is 17.9 Å². The number of rotatable bonds is 23. The SMILES string of the molecule is CC(C)COC(=O)C(C)(C)CCCCCl.Cc1cc(Br)c(C)cc1O.Cc1cc(OCCCCC(C)(C)C(=O)O)c(C)cc1Br.Cc1cc(OCCCCC(C)(C)C(=O)OCC(C)C)c(C)cc1Br. The van der Waals surface area contributed by atoms with Crippen LogP contribution in [0.15, 0.2) is 49.8 Å². The molecule has 3 rings (SSSR count). The predicted molar refractivity (Wildman–Crippen MR) is 296 cm³/mol. The van der Waals surface area contributed by atoms with Crippen molar-refractivity contribution in [1.29, 1.82) is 0 Å². The number of hydrogen-bond donors (Lipinski definition) is 2. The second-order valence-electron chi connectivity index (χ2n) is 20.8. The van der Waals surface area contributed by atoms with Gasteiger partial charge < -0.3 is 29.2 Å². The zero-order valence-electron chi connectivity index (χ0n) is 44.8. The molecule has 0 atom stereocenters. The van der Waals surface area contributed by atoms with Crippen LogP contribution in [0.5, 0.6) is 17.2 Å². The average Bonchev–Trinajstić information content (AvgIpc) is 3.25. The Morgan fingerprint density at radius 2 is 0.855 bits per heavy atom. The Morgan fingerprint density at radius 3 is 1.19 bits per heavy atom. The van der Waals surface area contributed by atoms with Gasteiger partial charge in [-0.1, -0.05) is 81.9 Å². The number of phenols is 1. The van der Waals surface area contributed by atoms with Crippen molar-refractivity contribution in [2.24, 2.45) is 28.1 Å². The number of carboxylic acid groups (broad SMARTS) is 1. The molecule has 0 aliphatic heterocycles. The molecule has 0 unspecified atom stereocenters. The van der Waals surface area contributed by atoms with Gasteiger partial charge in [-0.3, -0.25) is 14.4 Å². The summed E-state index contributed by atoms with van der Waals surface area (Å²) in [7, 11) is 0. The van der Waals surface area contributed by atoms with E-state index in [0.717, 1.165) is 104 Å². The molecule has 0 radical (unpaired) electrons. The summed E-state index contributed by atoms with van der Waals surface area (Å²) in [6.45, 7) is 33.7. The van der Waals surface area contributed by atoms with Crippen LogP contribution in [0, 0.1) is 69.6 Å². The van der Waals surface area contributed by atoms with Crippen LogP contribution in [0.1, 0.15) is 160 Å². The van der Waals surface area contributed by atoms with Crippen LogP contribution >= 0.6 is 59.4 Å². The summed E-state index contributed by atoms with van der Waals surface area (Å²) in [6, 6.07) is 11.9. The molecule has 0 saturated carbocycles. The highest BCUT2D eigenvalue weighted by Crippen LogP contribution is 2.31. The van der Waals surface area contributed by atoms with Crippen molar-refractivity contribution in [3.05, 3.63) is 83.2 Å². The molecule has 0 spiro atoms. The molecule has 0 aliphatic rings. The molecule has 3 aromatic rings. The fourth-order valence-corrected chi connectivity index (χ4v) is 7.70. The van der Waals surface area contributed by atoms with Crippen molar-refractivity contribution in [1.82, 2.24) is 0 Å². The third-order valence-electron chi connectivity index (χ3n) is 11.3. The summed E-state index contributed by atoms with van der Waals surface area (Å²) in [5.74, 6) is 2.70. The molecule has 0 amide bonds. The number of carbonyl (C=O) groups is 3. The lowest BCUT2D eigenvalue weighted by Gasteiger charge is -2.23. The lowest BCUT2D eigenvalue weighted by atomic mass is 9.87. The highest BCUT2D eigenvalue weighted by atomic mass is 79.9. The lowest BCUT2D eigenvalue weighted by Crippen LogP contribution is -2.28. The van der Waals surface area contributed by atoms with Crippen molar-refractivity contribution in [2.75, 3.05) is 32.3 Å². The first kappa shape index (κ1) is 66.2. The normalized spacial score (nSPS) is 11.4. The average molecular weight is 1180 g/mol. The van der Waals surface area contributed by atoms with E-state index in [1.807, 2.05) is 102 Å². The third-order valence-corrected chi connectivity index (χ3v) is 14.1. The third kappa shape index (κ3) is 27.6. The first-order valence-electron chi connectivity index (χ1n) is 24.3. The number of phenolic OH excluding ortho intramolecular Hbond substituents is 1. The molecular formula is C56H86Br3ClO9. The van der Waals surface area contributed by atoms with Crippen LogP contribution in [0.3, 0.4) is 0 Å². The van der Waals surface area contributed by atoms with Crippen LogP contribution in [0.25, 0.3) is 0 Å². The minimum atomic E-state index is -0.738. The van der Waals surface area contributed by atoms with Crippen LogP contribution in [-0.4, -0.2) is 60.4 Å². The number of carbonyl (C=O) groups excluding carboxylic acids is 2. The zero-order chi connectivity index (χ0) is 53.3.